The monoisotopic (exact) mass is 503 g/mol. The second-order valence-electron chi connectivity index (χ2n) is 7.02. The van der Waals surface area contributed by atoms with Crippen molar-refractivity contribution in [3.8, 4) is 0 Å². The Morgan fingerprint density at radius 2 is 2.19 bits per heavy atom. The van der Waals surface area contributed by atoms with Crippen LogP contribution in [0.1, 0.15) is 44.9 Å². The van der Waals surface area contributed by atoms with Crippen molar-refractivity contribution >= 4 is 57.8 Å². The van der Waals surface area contributed by atoms with Crippen molar-refractivity contribution in [2.24, 2.45) is 5.16 Å². The van der Waals surface area contributed by atoms with E-state index >= 15 is 0 Å². The summed E-state index contributed by atoms with van der Waals surface area (Å²) < 4.78 is 10.7. The SMILES string of the molecule is CCOC(=O)c1sc(N2CCC(NC(=O)c3[nH]c(C)c(Cl)c3Cl)C(OC)C2)nc1/C=N/O. The third-order valence-electron chi connectivity index (χ3n) is 5.01. The highest BCUT2D eigenvalue weighted by Crippen LogP contribution is 2.31. The smallest absolute Gasteiger partial charge is 0.350 e. The number of halogens is 2. The molecule has 2 atom stereocenters. The van der Waals surface area contributed by atoms with E-state index in [1.54, 1.807) is 21.0 Å². The molecule has 2 aromatic heterocycles. The molecule has 1 fully saturated rings. The first-order chi connectivity index (χ1) is 15.3. The van der Waals surface area contributed by atoms with E-state index in [4.69, 9.17) is 37.9 Å². The summed E-state index contributed by atoms with van der Waals surface area (Å²) in [5.41, 5.74) is 1.05. The molecule has 3 rings (SSSR count). The number of rotatable bonds is 7. The number of ether oxygens (including phenoxy) is 2. The quantitative estimate of drug-likeness (QED) is 0.229. The Bertz CT molecular complexity index is 1020. The molecule has 0 saturated carbocycles. The number of piperidine rings is 1. The molecular formula is C19H23Cl2N5O5S. The first-order valence-corrected chi connectivity index (χ1v) is 11.3. The van der Waals surface area contributed by atoms with Crippen molar-refractivity contribution in [2.45, 2.75) is 32.4 Å². The van der Waals surface area contributed by atoms with Gasteiger partial charge in [-0.3, -0.25) is 4.79 Å². The molecule has 13 heteroatoms. The van der Waals surface area contributed by atoms with Crippen LogP contribution in [-0.4, -0.2) is 72.2 Å². The van der Waals surface area contributed by atoms with Crippen molar-refractivity contribution in [3.05, 3.63) is 32.0 Å². The van der Waals surface area contributed by atoms with E-state index in [0.717, 1.165) is 17.6 Å². The van der Waals surface area contributed by atoms with Crippen LogP contribution in [0.3, 0.4) is 0 Å². The number of thiazole rings is 1. The number of aromatic amines is 1. The van der Waals surface area contributed by atoms with Gasteiger partial charge in [-0.1, -0.05) is 39.7 Å². The first-order valence-electron chi connectivity index (χ1n) is 9.78. The number of nitrogens with zero attached hydrogens (tertiary/aromatic N) is 3. The maximum atomic E-state index is 12.7. The predicted octanol–water partition coefficient (Wildman–Crippen LogP) is 3.09. The maximum Gasteiger partial charge on any atom is 0.350 e. The van der Waals surface area contributed by atoms with Crippen LogP contribution in [0.15, 0.2) is 5.16 Å². The molecule has 2 aromatic rings. The van der Waals surface area contributed by atoms with Crippen molar-refractivity contribution in [2.75, 3.05) is 31.7 Å². The molecule has 174 valence electrons. The molecule has 0 spiro atoms. The number of aryl methyl sites for hydroxylation is 1. The van der Waals surface area contributed by atoms with Crippen molar-refractivity contribution < 1.29 is 24.3 Å². The molecule has 3 N–H and O–H groups in total. The second kappa shape index (κ2) is 10.5. The van der Waals surface area contributed by atoms with Crippen LogP contribution in [0.25, 0.3) is 0 Å². The summed E-state index contributed by atoms with van der Waals surface area (Å²) in [5.74, 6) is -0.904. The number of methoxy groups -OCH3 is 1. The molecule has 1 amide bonds. The highest BCUT2D eigenvalue weighted by molar-refractivity contribution is 7.17. The maximum absolute atomic E-state index is 12.7. The van der Waals surface area contributed by atoms with Crippen LogP contribution >= 0.6 is 34.5 Å². The first kappa shape index (κ1) is 24.3. The Labute approximate surface area is 198 Å². The zero-order valence-corrected chi connectivity index (χ0v) is 20.0. The van der Waals surface area contributed by atoms with Crippen LogP contribution in [0, 0.1) is 6.92 Å². The van der Waals surface area contributed by atoms with E-state index in [-0.39, 0.29) is 45.9 Å². The molecule has 1 saturated heterocycles. The van der Waals surface area contributed by atoms with Gasteiger partial charge in [0.15, 0.2) is 5.13 Å². The number of nitrogens with one attached hydrogen (secondary N) is 2. The van der Waals surface area contributed by atoms with Crippen LogP contribution < -0.4 is 10.2 Å². The average Bonchev–Trinajstić information content (AvgIpc) is 3.31. The fourth-order valence-corrected chi connectivity index (χ4v) is 4.79. The Hall–Kier alpha value is -2.34. The molecule has 3 heterocycles. The van der Waals surface area contributed by atoms with Gasteiger partial charge < -0.3 is 29.9 Å². The number of hydrogen-bond acceptors (Lipinski definition) is 9. The number of anilines is 1. The number of carbonyl (C=O) groups is 2. The van der Waals surface area contributed by atoms with E-state index in [9.17, 15) is 9.59 Å². The third kappa shape index (κ3) is 5.01. The van der Waals surface area contributed by atoms with Gasteiger partial charge in [0.2, 0.25) is 0 Å². The fraction of sp³-hybridized carbons (Fsp3) is 0.474. The highest BCUT2D eigenvalue weighted by atomic mass is 35.5. The van der Waals surface area contributed by atoms with E-state index in [1.807, 2.05) is 4.90 Å². The van der Waals surface area contributed by atoms with Gasteiger partial charge in [-0.2, -0.15) is 0 Å². The Kier molecular flexibility index (Phi) is 7.99. The molecule has 10 nitrogen and oxygen atoms in total. The Morgan fingerprint density at radius 3 is 2.78 bits per heavy atom. The molecule has 32 heavy (non-hydrogen) atoms. The lowest BCUT2D eigenvalue weighted by molar-refractivity contribution is 0.0530. The lowest BCUT2D eigenvalue weighted by Gasteiger charge is -2.37. The molecule has 0 radical (unpaired) electrons. The number of carbonyl (C=O) groups excluding carboxylic acids is 2. The Balaban J connectivity index is 1.74. The minimum Gasteiger partial charge on any atom is -0.462 e. The zero-order valence-electron chi connectivity index (χ0n) is 17.6. The number of hydrogen-bond donors (Lipinski definition) is 3. The van der Waals surface area contributed by atoms with Gasteiger partial charge in [-0.25, -0.2) is 9.78 Å². The molecule has 0 bridgehead atoms. The number of H-pyrrole nitrogens is 1. The minimum atomic E-state index is -0.534. The molecule has 0 aliphatic carbocycles. The van der Waals surface area contributed by atoms with E-state index in [1.165, 1.54) is 0 Å². The summed E-state index contributed by atoms with van der Waals surface area (Å²) in [5, 5.41) is 15.9. The van der Waals surface area contributed by atoms with Crippen LogP contribution in [0.2, 0.25) is 10.0 Å². The van der Waals surface area contributed by atoms with Gasteiger partial charge in [-0.05, 0) is 20.3 Å². The van der Waals surface area contributed by atoms with Gasteiger partial charge in [0, 0.05) is 25.9 Å². The topological polar surface area (TPSA) is 129 Å². The fourth-order valence-electron chi connectivity index (χ4n) is 3.40. The van der Waals surface area contributed by atoms with Crippen molar-refractivity contribution in [3.63, 3.8) is 0 Å². The number of oxime groups is 1. The molecule has 0 aromatic carbocycles. The van der Waals surface area contributed by atoms with Crippen LogP contribution in [0.4, 0.5) is 5.13 Å². The highest BCUT2D eigenvalue weighted by Gasteiger charge is 2.33. The number of aromatic nitrogens is 2. The summed E-state index contributed by atoms with van der Waals surface area (Å²) in [6.07, 6.45) is 1.32. The summed E-state index contributed by atoms with van der Waals surface area (Å²) >= 11 is 13.4. The molecule has 2 unspecified atom stereocenters. The van der Waals surface area contributed by atoms with Crippen LogP contribution in [0.5, 0.6) is 0 Å². The second-order valence-corrected chi connectivity index (χ2v) is 8.75. The molecular weight excluding hydrogens is 481 g/mol. The zero-order chi connectivity index (χ0) is 23.4. The summed E-state index contributed by atoms with van der Waals surface area (Å²) in [6.45, 7) is 4.63. The summed E-state index contributed by atoms with van der Waals surface area (Å²) in [7, 11) is 1.56. The van der Waals surface area contributed by atoms with Gasteiger partial charge in [0.1, 0.15) is 16.3 Å². The van der Waals surface area contributed by atoms with Crippen molar-refractivity contribution in [1.82, 2.24) is 15.3 Å². The van der Waals surface area contributed by atoms with E-state index in [2.05, 4.69) is 20.4 Å². The van der Waals surface area contributed by atoms with E-state index < -0.39 is 5.97 Å². The standard InChI is InChI=1S/C19H23Cl2N5O5S/c1-4-31-18(28)16-11(7-22-29)25-19(32-16)26-6-5-10(12(8-26)30-3)24-17(27)15-14(21)13(20)9(2)23-15/h7,10,12,23,29H,4-6,8H2,1-3H3,(H,24,27)/b22-7+. The lowest BCUT2D eigenvalue weighted by atomic mass is 10.0. The van der Waals surface area contributed by atoms with Crippen molar-refractivity contribution in [1.29, 1.82) is 0 Å². The predicted molar refractivity (Wildman–Crippen MR) is 122 cm³/mol. The molecule has 1 aliphatic rings. The molecule has 1 aliphatic heterocycles. The average molecular weight is 504 g/mol. The normalized spacial score (nSPS) is 18.8. The Morgan fingerprint density at radius 1 is 1.44 bits per heavy atom. The van der Waals surface area contributed by atoms with Gasteiger partial charge in [0.25, 0.3) is 5.91 Å². The van der Waals surface area contributed by atoms with Gasteiger partial charge in [-0.15, -0.1) is 0 Å². The summed E-state index contributed by atoms with van der Waals surface area (Å²) in [4.78, 5) is 34.4. The minimum absolute atomic E-state index is 0.181. The van der Waals surface area contributed by atoms with E-state index in [0.29, 0.717) is 35.4 Å². The summed E-state index contributed by atoms with van der Waals surface area (Å²) in [6, 6.07) is -0.273. The van der Waals surface area contributed by atoms with Crippen LogP contribution in [-0.2, 0) is 9.47 Å². The largest absolute Gasteiger partial charge is 0.462 e. The van der Waals surface area contributed by atoms with Gasteiger partial charge in [0.05, 0.1) is 35.0 Å². The number of amides is 1. The number of esters is 1. The third-order valence-corrected chi connectivity index (χ3v) is 7.07. The van der Waals surface area contributed by atoms with Gasteiger partial charge >= 0.3 is 5.97 Å². The lowest BCUT2D eigenvalue weighted by Crippen LogP contribution is -2.55.